The summed E-state index contributed by atoms with van der Waals surface area (Å²) in [6.07, 6.45) is 0. The molecule has 0 aliphatic heterocycles. The van der Waals surface area contributed by atoms with Crippen LogP contribution in [0.5, 0.6) is 0 Å². The average molecular weight is 360 g/mol. The van der Waals surface area contributed by atoms with E-state index in [4.69, 9.17) is 4.42 Å². The second-order valence-electron chi connectivity index (χ2n) is 5.85. The van der Waals surface area contributed by atoms with Gasteiger partial charge in [0.2, 0.25) is 0 Å². The first-order valence-electron chi connectivity index (χ1n) is 8.19. The van der Waals surface area contributed by atoms with E-state index in [1.807, 2.05) is 42.5 Å². The van der Waals surface area contributed by atoms with Gasteiger partial charge >= 0.3 is 6.01 Å². The molecule has 1 aromatic heterocycles. The maximum absolute atomic E-state index is 12.7. The number of rotatable bonds is 4. The van der Waals surface area contributed by atoms with Gasteiger partial charge in [0.25, 0.3) is 5.91 Å². The summed E-state index contributed by atoms with van der Waals surface area (Å²) in [4.78, 5) is 19.0. The number of benzene rings is 3. The molecule has 0 atom stereocenters. The molecule has 5 heteroatoms. The molecule has 0 spiro atoms. The second-order valence-corrected chi connectivity index (χ2v) is 6.97. The summed E-state index contributed by atoms with van der Waals surface area (Å²) in [6.45, 7) is 2.05. The van der Waals surface area contributed by atoms with Gasteiger partial charge in [-0.15, -0.1) is 0 Å². The Morgan fingerprint density at radius 1 is 0.962 bits per heavy atom. The van der Waals surface area contributed by atoms with E-state index >= 15 is 0 Å². The molecule has 3 aromatic carbocycles. The number of carbonyl (C=O) groups is 1. The quantitative estimate of drug-likeness (QED) is 0.519. The molecule has 1 amide bonds. The Hall–Kier alpha value is -3.05. The Labute approximate surface area is 155 Å². The highest BCUT2D eigenvalue weighted by molar-refractivity contribution is 7.99. The lowest BCUT2D eigenvalue weighted by atomic mass is 10.2. The average Bonchev–Trinajstić information content (AvgIpc) is 3.06. The van der Waals surface area contributed by atoms with Crippen molar-refractivity contribution >= 4 is 34.8 Å². The number of fused-ring (bicyclic) bond motifs is 1. The molecule has 0 aliphatic carbocycles. The van der Waals surface area contributed by atoms with E-state index < -0.39 is 0 Å². The maximum Gasteiger partial charge on any atom is 0.302 e. The second kappa shape index (κ2) is 7.06. The van der Waals surface area contributed by atoms with Gasteiger partial charge in [0, 0.05) is 9.79 Å². The summed E-state index contributed by atoms with van der Waals surface area (Å²) < 4.78 is 5.58. The molecule has 0 aliphatic rings. The lowest BCUT2D eigenvalue weighted by Crippen LogP contribution is -2.13. The van der Waals surface area contributed by atoms with Crippen molar-refractivity contribution in [3.8, 4) is 0 Å². The van der Waals surface area contributed by atoms with Gasteiger partial charge in [0.05, 0.1) is 5.56 Å². The minimum absolute atomic E-state index is 0.200. The Bertz CT molecular complexity index is 1040. The molecule has 0 fully saturated rings. The molecule has 4 aromatic rings. The van der Waals surface area contributed by atoms with Gasteiger partial charge in [-0.2, -0.15) is 4.98 Å². The van der Waals surface area contributed by atoms with Gasteiger partial charge < -0.3 is 4.42 Å². The SMILES string of the molecule is Cc1ccc(Sc2ccccc2C(=O)Nc2nc3ccccc3o2)cc1. The molecule has 4 rings (SSSR count). The van der Waals surface area contributed by atoms with Crippen molar-refractivity contribution in [1.29, 1.82) is 0 Å². The molecule has 26 heavy (non-hydrogen) atoms. The van der Waals surface area contributed by atoms with Gasteiger partial charge in [-0.05, 0) is 43.3 Å². The van der Waals surface area contributed by atoms with Crippen molar-refractivity contribution in [3.05, 3.63) is 83.9 Å². The number of hydrogen-bond donors (Lipinski definition) is 1. The summed E-state index contributed by atoms with van der Waals surface area (Å²) >= 11 is 1.55. The van der Waals surface area contributed by atoms with E-state index in [1.54, 1.807) is 17.8 Å². The van der Waals surface area contributed by atoms with Crippen LogP contribution in [0.3, 0.4) is 0 Å². The lowest BCUT2D eigenvalue weighted by Gasteiger charge is -2.08. The van der Waals surface area contributed by atoms with Crippen LogP contribution in [0.4, 0.5) is 6.01 Å². The lowest BCUT2D eigenvalue weighted by molar-refractivity contribution is 0.102. The number of anilines is 1. The van der Waals surface area contributed by atoms with Crippen molar-refractivity contribution in [2.24, 2.45) is 0 Å². The zero-order valence-electron chi connectivity index (χ0n) is 14.1. The topological polar surface area (TPSA) is 55.1 Å². The molecule has 128 valence electrons. The van der Waals surface area contributed by atoms with E-state index in [2.05, 4.69) is 41.5 Å². The molecule has 0 saturated heterocycles. The van der Waals surface area contributed by atoms with Crippen LogP contribution in [0.25, 0.3) is 11.1 Å². The summed E-state index contributed by atoms with van der Waals surface area (Å²) in [7, 11) is 0. The van der Waals surface area contributed by atoms with E-state index in [0.717, 1.165) is 9.79 Å². The standard InChI is InChI=1S/C21H16N2O2S/c1-14-10-12-15(13-11-14)26-19-9-5-2-6-16(19)20(24)23-21-22-17-7-3-4-8-18(17)25-21/h2-13H,1H3,(H,22,23,24). The summed E-state index contributed by atoms with van der Waals surface area (Å²) in [6, 6.07) is 23.3. The van der Waals surface area contributed by atoms with Gasteiger partial charge in [0.1, 0.15) is 5.52 Å². The number of nitrogens with one attached hydrogen (secondary N) is 1. The van der Waals surface area contributed by atoms with Crippen LogP contribution >= 0.6 is 11.8 Å². The molecule has 0 radical (unpaired) electrons. The highest BCUT2D eigenvalue weighted by Crippen LogP contribution is 2.31. The number of oxazole rings is 1. The maximum atomic E-state index is 12.7. The van der Waals surface area contributed by atoms with Crippen LogP contribution in [-0.2, 0) is 0 Å². The zero-order valence-corrected chi connectivity index (χ0v) is 14.9. The van der Waals surface area contributed by atoms with Crippen molar-refractivity contribution in [1.82, 2.24) is 4.98 Å². The summed E-state index contributed by atoms with van der Waals surface area (Å²) in [5.41, 5.74) is 3.15. The fraction of sp³-hybridized carbons (Fsp3) is 0.0476. The molecule has 1 heterocycles. The number of hydrogen-bond acceptors (Lipinski definition) is 4. The predicted octanol–water partition coefficient (Wildman–Crippen LogP) is 5.54. The Kier molecular flexibility index (Phi) is 4.46. The number of carbonyl (C=O) groups excluding carboxylic acids is 1. The van der Waals surface area contributed by atoms with Gasteiger partial charge in [-0.3, -0.25) is 10.1 Å². The first-order chi connectivity index (χ1) is 12.7. The number of amides is 1. The Morgan fingerprint density at radius 2 is 1.69 bits per heavy atom. The highest BCUT2D eigenvalue weighted by atomic mass is 32.2. The largest absolute Gasteiger partial charge is 0.423 e. The first-order valence-corrected chi connectivity index (χ1v) is 9.01. The van der Waals surface area contributed by atoms with Crippen molar-refractivity contribution < 1.29 is 9.21 Å². The van der Waals surface area contributed by atoms with Crippen LogP contribution < -0.4 is 5.32 Å². The van der Waals surface area contributed by atoms with Crippen LogP contribution in [-0.4, -0.2) is 10.9 Å². The highest BCUT2D eigenvalue weighted by Gasteiger charge is 2.15. The van der Waals surface area contributed by atoms with Gasteiger partial charge in [-0.25, -0.2) is 0 Å². The summed E-state index contributed by atoms with van der Waals surface area (Å²) in [5, 5.41) is 2.75. The van der Waals surface area contributed by atoms with E-state index in [0.29, 0.717) is 16.7 Å². The molecule has 0 unspecified atom stereocenters. The third-order valence-corrected chi connectivity index (χ3v) is 4.98. The Balaban J connectivity index is 1.58. The monoisotopic (exact) mass is 360 g/mol. The van der Waals surface area contributed by atoms with E-state index in [-0.39, 0.29) is 11.9 Å². The Morgan fingerprint density at radius 3 is 2.50 bits per heavy atom. The van der Waals surface area contributed by atoms with E-state index in [9.17, 15) is 4.79 Å². The van der Waals surface area contributed by atoms with Gasteiger partial charge in [-0.1, -0.05) is 53.7 Å². The molecule has 0 bridgehead atoms. The minimum Gasteiger partial charge on any atom is -0.423 e. The first kappa shape index (κ1) is 16.4. The van der Waals surface area contributed by atoms with Gasteiger partial charge in [0.15, 0.2) is 5.58 Å². The van der Waals surface area contributed by atoms with Crippen LogP contribution in [0, 0.1) is 6.92 Å². The van der Waals surface area contributed by atoms with Crippen molar-refractivity contribution in [2.75, 3.05) is 5.32 Å². The van der Waals surface area contributed by atoms with Crippen LogP contribution in [0.1, 0.15) is 15.9 Å². The third kappa shape index (κ3) is 3.48. The normalized spacial score (nSPS) is 10.8. The smallest absolute Gasteiger partial charge is 0.302 e. The number of nitrogens with zero attached hydrogens (tertiary/aromatic N) is 1. The molecule has 1 N–H and O–H groups in total. The molecular weight excluding hydrogens is 344 g/mol. The predicted molar refractivity (Wildman–Crippen MR) is 104 cm³/mol. The van der Waals surface area contributed by atoms with Crippen molar-refractivity contribution in [3.63, 3.8) is 0 Å². The number of aryl methyl sites for hydroxylation is 1. The minimum atomic E-state index is -0.244. The fourth-order valence-corrected chi connectivity index (χ4v) is 3.51. The van der Waals surface area contributed by atoms with Crippen molar-refractivity contribution in [2.45, 2.75) is 16.7 Å². The third-order valence-electron chi connectivity index (χ3n) is 3.89. The molecular formula is C21H16N2O2S. The van der Waals surface area contributed by atoms with E-state index in [1.165, 1.54) is 5.56 Å². The van der Waals surface area contributed by atoms with Crippen LogP contribution in [0.15, 0.2) is 87.0 Å². The van der Waals surface area contributed by atoms with Crippen LogP contribution in [0.2, 0.25) is 0 Å². The summed E-state index contributed by atoms with van der Waals surface area (Å²) in [5.74, 6) is -0.244. The fourth-order valence-electron chi connectivity index (χ4n) is 2.57. The molecule has 4 nitrogen and oxygen atoms in total. The zero-order chi connectivity index (χ0) is 17.9. The molecule has 0 saturated carbocycles. The number of para-hydroxylation sites is 2. The number of aromatic nitrogens is 1.